The average Bonchev–Trinajstić information content (AvgIpc) is 2.90. The molecule has 0 aliphatic heterocycles. The Kier molecular flexibility index (Phi) is 3.16. The van der Waals surface area contributed by atoms with Crippen LogP contribution >= 0.6 is 0 Å². The van der Waals surface area contributed by atoms with E-state index in [0.29, 0.717) is 6.42 Å². The lowest BCUT2D eigenvalue weighted by Gasteiger charge is -2.06. The van der Waals surface area contributed by atoms with Gasteiger partial charge in [-0.3, -0.25) is 4.57 Å². The minimum atomic E-state index is -0.276. The molecule has 0 atom stereocenters. The van der Waals surface area contributed by atoms with Crippen LogP contribution in [0, 0.1) is 5.82 Å². The highest BCUT2D eigenvalue weighted by molar-refractivity contribution is 5.34. The molecule has 1 N–H and O–H groups in total. The highest BCUT2D eigenvalue weighted by atomic mass is 19.1. The monoisotopic (exact) mass is 269 g/mol. The van der Waals surface area contributed by atoms with Gasteiger partial charge in [0.25, 0.3) is 0 Å². The third kappa shape index (κ3) is 2.51. The first-order chi connectivity index (χ1) is 9.72. The normalized spacial score (nSPS) is 10.7. The Morgan fingerprint density at radius 1 is 1.00 bits per heavy atom. The SMILES string of the molecule is Oc1ccc(Cc2nncn2-c2ccc(F)cc2)cc1. The van der Waals surface area contributed by atoms with Crippen molar-refractivity contribution >= 4 is 0 Å². The minimum Gasteiger partial charge on any atom is -0.508 e. The Hall–Kier alpha value is -2.69. The number of phenolic OH excluding ortho intramolecular Hbond substituents is 1. The van der Waals surface area contributed by atoms with Crippen LogP contribution in [0.4, 0.5) is 4.39 Å². The molecule has 0 spiro atoms. The number of rotatable bonds is 3. The van der Waals surface area contributed by atoms with Crippen LogP contribution in [-0.4, -0.2) is 19.9 Å². The second-order valence-electron chi connectivity index (χ2n) is 4.44. The van der Waals surface area contributed by atoms with Crippen molar-refractivity contribution in [1.29, 1.82) is 0 Å². The summed E-state index contributed by atoms with van der Waals surface area (Å²) >= 11 is 0. The predicted octanol–water partition coefficient (Wildman–Crippen LogP) is 2.70. The topological polar surface area (TPSA) is 50.9 Å². The highest BCUT2D eigenvalue weighted by Crippen LogP contribution is 2.16. The molecule has 0 saturated heterocycles. The van der Waals surface area contributed by atoms with E-state index in [1.807, 2.05) is 16.7 Å². The van der Waals surface area contributed by atoms with Crippen molar-refractivity contribution in [3.8, 4) is 11.4 Å². The molecule has 100 valence electrons. The fourth-order valence-corrected chi connectivity index (χ4v) is 1.99. The second-order valence-corrected chi connectivity index (χ2v) is 4.44. The first-order valence-electron chi connectivity index (χ1n) is 6.15. The summed E-state index contributed by atoms with van der Waals surface area (Å²) in [6.07, 6.45) is 2.18. The second kappa shape index (κ2) is 5.13. The van der Waals surface area contributed by atoms with Gasteiger partial charge in [-0.1, -0.05) is 12.1 Å². The number of benzene rings is 2. The molecular weight excluding hydrogens is 257 g/mol. The van der Waals surface area contributed by atoms with E-state index >= 15 is 0 Å². The molecule has 3 aromatic rings. The Morgan fingerprint density at radius 2 is 1.70 bits per heavy atom. The molecule has 0 saturated carbocycles. The molecule has 0 amide bonds. The van der Waals surface area contributed by atoms with Crippen LogP contribution < -0.4 is 0 Å². The lowest BCUT2D eigenvalue weighted by Crippen LogP contribution is -2.01. The number of hydrogen-bond donors (Lipinski definition) is 1. The van der Waals surface area contributed by atoms with Crippen molar-refractivity contribution < 1.29 is 9.50 Å². The van der Waals surface area contributed by atoms with E-state index < -0.39 is 0 Å². The van der Waals surface area contributed by atoms with Crippen LogP contribution in [0.15, 0.2) is 54.9 Å². The quantitative estimate of drug-likeness (QED) is 0.795. The van der Waals surface area contributed by atoms with E-state index in [1.54, 1.807) is 30.6 Å². The molecule has 2 aromatic carbocycles. The third-order valence-electron chi connectivity index (χ3n) is 3.02. The van der Waals surface area contributed by atoms with Crippen molar-refractivity contribution in [3.63, 3.8) is 0 Å². The van der Waals surface area contributed by atoms with Crippen molar-refractivity contribution in [3.05, 3.63) is 72.1 Å². The number of nitrogens with zero attached hydrogens (tertiary/aromatic N) is 3. The Balaban J connectivity index is 1.90. The molecule has 0 bridgehead atoms. The molecule has 0 aliphatic carbocycles. The van der Waals surface area contributed by atoms with Gasteiger partial charge >= 0.3 is 0 Å². The van der Waals surface area contributed by atoms with E-state index in [1.165, 1.54) is 12.1 Å². The largest absolute Gasteiger partial charge is 0.508 e. The van der Waals surface area contributed by atoms with Crippen LogP contribution in [0.1, 0.15) is 11.4 Å². The van der Waals surface area contributed by atoms with E-state index in [2.05, 4.69) is 10.2 Å². The highest BCUT2D eigenvalue weighted by Gasteiger charge is 2.07. The van der Waals surface area contributed by atoms with Gasteiger partial charge in [0.2, 0.25) is 0 Å². The first-order valence-corrected chi connectivity index (χ1v) is 6.15. The van der Waals surface area contributed by atoms with Gasteiger partial charge in [0, 0.05) is 12.1 Å². The Morgan fingerprint density at radius 3 is 2.40 bits per heavy atom. The van der Waals surface area contributed by atoms with Gasteiger partial charge in [0.1, 0.15) is 23.7 Å². The van der Waals surface area contributed by atoms with E-state index in [4.69, 9.17) is 0 Å². The predicted molar refractivity (Wildman–Crippen MR) is 72.2 cm³/mol. The standard InChI is InChI=1S/C15H12FN3O/c16-12-3-5-13(6-4-12)19-10-17-18-15(19)9-11-1-7-14(20)8-2-11/h1-8,10,20H,9H2. The maximum Gasteiger partial charge on any atom is 0.141 e. The fraction of sp³-hybridized carbons (Fsp3) is 0.0667. The Bertz CT molecular complexity index is 705. The van der Waals surface area contributed by atoms with Crippen molar-refractivity contribution in [1.82, 2.24) is 14.8 Å². The average molecular weight is 269 g/mol. The molecule has 0 aliphatic rings. The number of aromatic nitrogens is 3. The molecular formula is C15H12FN3O. The van der Waals surface area contributed by atoms with Crippen LogP contribution in [0.3, 0.4) is 0 Å². The summed E-state index contributed by atoms with van der Waals surface area (Å²) in [6.45, 7) is 0. The number of halogens is 1. The molecule has 3 rings (SSSR count). The summed E-state index contributed by atoms with van der Waals surface area (Å²) in [7, 11) is 0. The van der Waals surface area contributed by atoms with Crippen molar-refractivity contribution in [2.75, 3.05) is 0 Å². The van der Waals surface area contributed by atoms with Crippen LogP contribution in [0.25, 0.3) is 5.69 Å². The lowest BCUT2D eigenvalue weighted by atomic mass is 10.1. The molecule has 5 heteroatoms. The van der Waals surface area contributed by atoms with Crippen LogP contribution in [-0.2, 0) is 6.42 Å². The zero-order valence-corrected chi connectivity index (χ0v) is 10.6. The summed E-state index contributed by atoms with van der Waals surface area (Å²) in [5.74, 6) is 0.706. The number of aromatic hydroxyl groups is 1. The van der Waals surface area contributed by atoms with Gasteiger partial charge in [-0.2, -0.15) is 0 Å². The Labute approximate surface area is 115 Å². The summed E-state index contributed by atoms with van der Waals surface area (Å²) in [6, 6.07) is 13.1. The molecule has 4 nitrogen and oxygen atoms in total. The zero-order chi connectivity index (χ0) is 13.9. The third-order valence-corrected chi connectivity index (χ3v) is 3.02. The van der Waals surface area contributed by atoms with Gasteiger partial charge in [0.15, 0.2) is 0 Å². The number of phenols is 1. The maximum atomic E-state index is 12.9. The number of hydrogen-bond acceptors (Lipinski definition) is 3. The van der Waals surface area contributed by atoms with Gasteiger partial charge in [0.05, 0.1) is 0 Å². The van der Waals surface area contributed by atoms with Crippen LogP contribution in [0.5, 0.6) is 5.75 Å². The van der Waals surface area contributed by atoms with Crippen LogP contribution in [0.2, 0.25) is 0 Å². The smallest absolute Gasteiger partial charge is 0.141 e. The van der Waals surface area contributed by atoms with Gasteiger partial charge in [-0.05, 0) is 42.0 Å². The van der Waals surface area contributed by atoms with E-state index in [-0.39, 0.29) is 11.6 Å². The zero-order valence-electron chi connectivity index (χ0n) is 10.6. The summed E-state index contributed by atoms with van der Waals surface area (Å²) < 4.78 is 14.8. The molecule has 0 fully saturated rings. The summed E-state index contributed by atoms with van der Waals surface area (Å²) in [4.78, 5) is 0. The van der Waals surface area contributed by atoms with Crippen molar-refractivity contribution in [2.24, 2.45) is 0 Å². The maximum absolute atomic E-state index is 12.9. The summed E-state index contributed by atoms with van der Waals surface area (Å²) in [5, 5.41) is 17.3. The lowest BCUT2D eigenvalue weighted by molar-refractivity contribution is 0.475. The van der Waals surface area contributed by atoms with Gasteiger partial charge in [-0.15, -0.1) is 10.2 Å². The first kappa shape index (κ1) is 12.3. The fourth-order valence-electron chi connectivity index (χ4n) is 1.99. The molecule has 0 unspecified atom stereocenters. The molecule has 1 aromatic heterocycles. The summed E-state index contributed by atoms with van der Waals surface area (Å²) in [5.41, 5.74) is 1.82. The molecule has 20 heavy (non-hydrogen) atoms. The van der Waals surface area contributed by atoms with Gasteiger partial charge in [-0.25, -0.2) is 4.39 Å². The molecule has 1 heterocycles. The van der Waals surface area contributed by atoms with E-state index in [9.17, 15) is 9.50 Å². The van der Waals surface area contributed by atoms with E-state index in [0.717, 1.165) is 17.1 Å². The minimum absolute atomic E-state index is 0.230. The molecule has 0 radical (unpaired) electrons. The van der Waals surface area contributed by atoms with Crippen molar-refractivity contribution in [2.45, 2.75) is 6.42 Å². The van der Waals surface area contributed by atoms with Gasteiger partial charge < -0.3 is 5.11 Å².